The fourth-order valence-electron chi connectivity index (χ4n) is 4.57. The van der Waals surface area contributed by atoms with Crippen LogP contribution in [-0.2, 0) is 12.8 Å². The second-order valence-electron chi connectivity index (χ2n) is 8.83. The zero-order valence-corrected chi connectivity index (χ0v) is 19.1. The molecule has 0 saturated carbocycles. The van der Waals surface area contributed by atoms with Gasteiger partial charge >= 0.3 is 0 Å². The lowest BCUT2D eigenvalue weighted by Gasteiger charge is -2.29. The van der Waals surface area contributed by atoms with E-state index in [0.29, 0.717) is 40.4 Å². The number of rotatable bonds is 3. The Labute approximate surface area is 194 Å². The standard InChI is InChI=1S/C23H26F2N6OS/c1-13-10-28-19-18(26)20(33-22(19)29-13)21(32)30-16-4-2-15-9-17(5-3-14(15)8-16)31-7-6-27-11-23(24,25)12-31/h3,5,9-10,16,27H,2,4,6-8,11-12,26H2,1H3,(H,30,32)/t16-/m0/s1. The van der Waals surface area contributed by atoms with E-state index in [9.17, 15) is 13.6 Å². The molecule has 1 saturated heterocycles. The van der Waals surface area contributed by atoms with Crippen LogP contribution >= 0.6 is 11.3 Å². The number of halogens is 2. The van der Waals surface area contributed by atoms with Gasteiger partial charge in [0, 0.05) is 31.0 Å². The molecule has 3 aromatic rings. The summed E-state index contributed by atoms with van der Waals surface area (Å²) in [5, 5.41) is 5.91. The van der Waals surface area contributed by atoms with Crippen molar-refractivity contribution in [2.45, 2.75) is 38.2 Å². The lowest BCUT2D eigenvalue weighted by atomic mass is 9.87. The summed E-state index contributed by atoms with van der Waals surface area (Å²) in [7, 11) is 0. The monoisotopic (exact) mass is 472 g/mol. The quantitative estimate of drug-likeness (QED) is 0.543. The largest absolute Gasteiger partial charge is 0.396 e. The molecule has 33 heavy (non-hydrogen) atoms. The van der Waals surface area contributed by atoms with Crippen molar-refractivity contribution >= 4 is 39.0 Å². The number of anilines is 2. The topological polar surface area (TPSA) is 96.2 Å². The number of nitrogens with zero attached hydrogens (tertiary/aromatic N) is 3. The van der Waals surface area contributed by atoms with E-state index < -0.39 is 5.92 Å². The average Bonchev–Trinajstić information content (AvgIpc) is 2.98. The summed E-state index contributed by atoms with van der Waals surface area (Å²) in [6.45, 7) is 2.37. The molecule has 1 aliphatic carbocycles. The number of amides is 1. The molecule has 0 radical (unpaired) electrons. The molecule has 2 aromatic heterocycles. The highest BCUT2D eigenvalue weighted by Crippen LogP contribution is 2.32. The second-order valence-corrected chi connectivity index (χ2v) is 9.83. The number of hydrogen-bond donors (Lipinski definition) is 3. The number of aromatic nitrogens is 2. The van der Waals surface area contributed by atoms with Gasteiger partial charge in [0.25, 0.3) is 11.8 Å². The SMILES string of the molecule is Cc1cnc2c(N)c(C(=O)N[C@H]3CCc4cc(N5CCNCC(F)(F)C5)ccc4C3)sc2n1. The molecule has 174 valence electrons. The Morgan fingerprint density at radius 2 is 2.21 bits per heavy atom. The zero-order chi connectivity index (χ0) is 23.2. The molecule has 4 N–H and O–H groups in total. The van der Waals surface area contributed by atoms with E-state index in [2.05, 4.69) is 20.6 Å². The lowest BCUT2D eigenvalue weighted by molar-refractivity contribution is 0.0157. The third-order valence-electron chi connectivity index (χ3n) is 6.25. The minimum absolute atomic E-state index is 0.0187. The van der Waals surface area contributed by atoms with Crippen molar-refractivity contribution < 1.29 is 13.6 Å². The van der Waals surface area contributed by atoms with Gasteiger partial charge in [0.15, 0.2) is 0 Å². The molecule has 1 aliphatic heterocycles. The zero-order valence-electron chi connectivity index (χ0n) is 18.3. The third-order valence-corrected chi connectivity index (χ3v) is 7.34. The van der Waals surface area contributed by atoms with Gasteiger partial charge in [-0.2, -0.15) is 0 Å². The van der Waals surface area contributed by atoms with Crippen molar-refractivity contribution in [3.8, 4) is 0 Å². The van der Waals surface area contributed by atoms with Crippen molar-refractivity contribution in [2.75, 3.05) is 36.8 Å². The van der Waals surface area contributed by atoms with E-state index in [1.165, 1.54) is 11.3 Å². The number of nitrogen functional groups attached to an aromatic ring is 1. The van der Waals surface area contributed by atoms with Gasteiger partial charge in [-0.1, -0.05) is 6.07 Å². The van der Waals surface area contributed by atoms with Crippen molar-refractivity contribution in [1.29, 1.82) is 0 Å². The van der Waals surface area contributed by atoms with Crippen LogP contribution in [0.5, 0.6) is 0 Å². The molecule has 0 bridgehead atoms. The van der Waals surface area contributed by atoms with Crippen LogP contribution in [0.3, 0.4) is 0 Å². The van der Waals surface area contributed by atoms with Gasteiger partial charge in [-0.25, -0.2) is 18.7 Å². The maximum Gasteiger partial charge on any atom is 0.277 e. The lowest BCUT2D eigenvalue weighted by Crippen LogP contribution is -2.39. The molecular formula is C23H26F2N6OS. The minimum atomic E-state index is -2.75. The number of benzene rings is 1. The van der Waals surface area contributed by atoms with Crippen LogP contribution < -0.4 is 21.3 Å². The van der Waals surface area contributed by atoms with Crippen LogP contribution in [0.15, 0.2) is 24.4 Å². The maximum absolute atomic E-state index is 14.0. The fraction of sp³-hybridized carbons (Fsp3) is 0.435. The normalized spacial score (nSPS) is 20.3. The van der Waals surface area contributed by atoms with E-state index in [-0.39, 0.29) is 25.0 Å². The molecule has 1 amide bonds. The van der Waals surface area contributed by atoms with E-state index in [4.69, 9.17) is 5.73 Å². The number of alkyl halides is 2. The molecular weight excluding hydrogens is 446 g/mol. The summed E-state index contributed by atoms with van der Waals surface area (Å²) in [5.41, 5.74) is 11.0. The summed E-state index contributed by atoms with van der Waals surface area (Å²) in [5.74, 6) is -2.96. The van der Waals surface area contributed by atoms with Gasteiger partial charge in [0.05, 0.1) is 24.5 Å². The van der Waals surface area contributed by atoms with E-state index >= 15 is 0 Å². The highest BCUT2D eigenvalue weighted by atomic mass is 32.1. The van der Waals surface area contributed by atoms with Gasteiger partial charge in [0.1, 0.15) is 15.2 Å². The maximum atomic E-state index is 14.0. The van der Waals surface area contributed by atoms with Gasteiger partial charge in [-0.3, -0.25) is 4.79 Å². The number of aryl methyl sites for hydroxylation is 2. The van der Waals surface area contributed by atoms with Crippen LogP contribution in [-0.4, -0.2) is 54.0 Å². The summed E-state index contributed by atoms with van der Waals surface area (Å²) < 4.78 is 28.0. The predicted octanol–water partition coefficient (Wildman–Crippen LogP) is 2.91. The minimum Gasteiger partial charge on any atom is -0.396 e. The van der Waals surface area contributed by atoms with Crippen LogP contribution in [0.2, 0.25) is 0 Å². The molecule has 7 nitrogen and oxygen atoms in total. The molecule has 1 atom stereocenters. The number of carbonyl (C=O) groups is 1. The Morgan fingerprint density at radius 1 is 1.36 bits per heavy atom. The second kappa shape index (κ2) is 8.49. The molecule has 3 heterocycles. The van der Waals surface area contributed by atoms with Gasteiger partial charge in [-0.05, 0) is 49.4 Å². The van der Waals surface area contributed by atoms with Gasteiger partial charge in [0.2, 0.25) is 0 Å². The summed E-state index contributed by atoms with van der Waals surface area (Å²) in [6.07, 6.45) is 3.89. The fourth-order valence-corrected chi connectivity index (χ4v) is 5.57. The molecule has 0 unspecified atom stereocenters. The Bertz CT molecular complexity index is 1210. The molecule has 1 fully saturated rings. The first-order valence-electron chi connectivity index (χ1n) is 11.1. The van der Waals surface area contributed by atoms with Crippen LogP contribution in [0.4, 0.5) is 20.2 Å². The number of nitrogens with one attached hydrogen (secondary N) is 2. The smallest absolute Gasteiger partial charge is 0.277 e. The first-order valence-corrected chi connectivity index (χ1v) is 11.9. The van der Waals surface area contributed by atoms with Gasteiger partial charge < -0.3 is 21.3 Å². The van der Waals surface area contributed by atoms with Crippen LogP contribution in [0, 0.1) is 6.92 Å². The molecule has 5 rings (SSSR count). The summed E-state index contributed by atoms with van der Waals surface area (Å²) in [4.78, 5) is 24.5. The Balaban J connectivity index is 1.29. The third kappa shape index (κ3) is 4.49. The molecule has 0 spiro atoms. The number of carbonyl (C=O) groups excluding carboxylic acids is 1. The first kappa shape index (κ1) is 22.0. The van der Waals surface area contributed by atoms with Crippen molar-refractivity contribution in [2.24, 2.45) is 0 Å². The predicted molar refractivity (Wildman–Crippen MR) is 126 cm³/mol. The van der Waals surface area contributed by atoms with E-state index in [0.717, 1.165) is 35.3 Å². The van der Waals surface area contributed by atoms with E-state index in [1.807, 2.05) is 25.1 Å². The van der Waals surface area contributed by atoms with Crippen molar-refractivity contribution in [1.82, 2.24) is 20.6 Å². The van der Waals surface area contributed by atoms with Gasteiger partial charge in [-0.15, -0.1) is 11.3 Å². The van der Waals surface area contributed by atoms with Crippen LogP contribution in [0.1, 0.15) is 32.9 Å². The Kier molecular flexibility index (Phi) is 5.65. The molecule has 2 aliphatic rings. The number of fused-ring (bicyclic) bond motifs is 2. The summed E-state index contributed by atoms with van der Waals surface area (Å²) in [6, 6.07) is 5.92. The number of hydrogen-bond acceptors (Lipinski definition) is 7. The number of nitrogens with two attached hydrogens (primary N) is 1. The van der Waals surface area contributed by atoms with Crippen molar-refractivity contribution in [3.05, 3.63) is 46.1 Å². The molecule has 10 heteroatoms. The van der Waals surface area contributed by atoms with E-state index in [1.54, 1.807) is 11.1 Å². The Morgan fingerprint density at radius 3 is 3.06 bits per heavy atom. The highest BCUT2D eigenvalue weighted by molar-refractivity contribution is 7.21. The Hall–Kier alpha value is -2.85. The average molecular weight is 473 g/mol. The van der Waals surface area contributed by atoms with Crippen molar-refractivity contribution in [3.63, 3.8) is 0 Å². The van der Waals surface area contributed by atoms with Crippen LogP contribution in [0.25, 0.3) is 10.3 Å². The molecule has 1 aromatic carbocycles. The number of thiophene rings is 1. The summed E-state index contributed by atoms with van der Waals surface area (Å²) >= 11 is 1.26. The first-order chi connectivity index (χ1) is 15.8. The highest BCUT2D eigenvalue weighted by Gasteiger charge is 2.34.